The van der Waals surface area contributed by atoms with Gasteiger partial charge in [-0.3, -0.25) is 4.79 Å². The molecule has 0 saturated carbocycles. The van der Waals surface area contributed by atoms with Gasteiger partial charge < -0.3 is 20.4 Å². The van der Waals surface area contributed by atoms with Crippen molar-refractivity contribution in [1.29, 1.82) is 0 Å². The Morgan fingerprint density at radius 3 is 2.86 bits per heavy atom. The number of aliphatic imine (C=N–C) groups is 1. The fourth-order valence-corrected chi connectivity index (χ4v) is 3.95. The molecule has 2 aliphatic rings. The van der Waals surface area contributed by atoms with E-state index in [4.69, 9.17) is 4.99 Å². The number of anilines is 1. The molecule has 28 heavy (non-hydrogen) atoms. The van der Waals surface area contributed by atoms with Crippen LogP contribution in [0.3, 0.4) is 0 Å². The lowest BCUT2D eigenvalue weighted by molar-refractivity contribution is -0.129. The number of hydrogen-bond acceptors (Lipinski definition) is 3. The van der Waals surface area contributed by atoms with E-state index in [0.717, 1.165) is 45.0 Å². The largest absolute Gasteiger partial charge is 0.374 e. The summed E-state index contributed by atoms with van der Waals surface area (Å²) >= 11 is 0. The minimum atomic E-state index is 0. The fourth-order valence-electron chi connectivity index (χ4n) is 3.95. The number of nitrogens with zero attached hydrogens (tertiary/aromatic N) is 3. The third-order valence-corrected chi connectivity index (χ3v) is 5.44. The molecule has 6 nitrogen and oxygen atoms in total. The molecule has 1 fully saturated rings. The summed E-state index contributed by atoms with van der Waals surface area (Å²) in [4.78, 5) is 20.9. The molecule has 1 amide bonds. The number of nitrogens with one attached hydrogen (secondary N) is 2. The number of halogens is 1. The van der Waals surface area contributed by atoms with E-state index >= 15 is 0 Å². The lowest BCUT2D eigenvalue weighted by Gasteiger charge is -2.27. The van der Waals surface area contributed by atoms with E-state index in [1.54, 1.807) is 0 Å². The van der Waals surface area contributed by atoms with Crippen molar-refractivity contribution >= 4 is 41.5 Å². The first-order valence-corrected chi connectivity index (χ1v) is 10.3. The highest BCUT2D eigenvalue weighted by molar-refractivity contribution is 14.0. The average molecular weight is 499 g/mol. The Balaban J connectivity index is 0.00000280. The predicted molar refractivity (Wildman–Crippen MR) is 127 cm³/mol. The molecule has 1 aromatic rings. The van der Waals surface area contributed by atoms with Crippen LogP contribution in [-0.2, 0) is 17.8 Å². The number of rotatable bonds is 5. The number of amides is 1. The maximum absolute atomic E-state index is 11.9. The van der Waals surface area contributed by atoms with Gasteiger partial charge in [0.2, 0.25) is 5.91 Å². The second kappa shape index (κ2) is 10.9. The molecule has 1 unspecified atom stereocenters. The van der Waals surface area contributed by atoms with Crippen molar-refractivity contribution in [2.24, 2.45) is 4.99 Å². The Hall–Kier alpha value is -1.51. The van der Waals surface area contributed by atoms with Crippen molar-refractivity contribution in [2.75, 3.05) is 38.1 Å². The minimum Gasteiger partial charge on any atom is -0.374 e. The van der Waals surface area contributed by atoms with Crippen molar-refractivity contribution in [3.63, 3.8) is 0 Å². The summed E-state index contributed by atoms with van der Waals surface area (Å²) in [6, 6.07) is 6.99. The van der Waals surface area contributed by atoms with Gasteiger partial charge in [0.1, 0.15) is 0 Å². The van der Waals surface area contributed by atoms with Gasteiger partial charge in [-0.15, -0.1) is 24.0 Å². The normalized spacial score (nSPS) is 19.1. The first-order valence-electron chi connectivity index (χ1n) is 10.3. The van der Waals surface area contributed by atoms with Gasteiger partial charge in [-0.05, 0) is 43.4 Å². The van der Waals surface area contributed by atoms with Crippen LogP contribution in [0.1, 0.15) is 44.2 Å². The van der Waals surface area contributed by atoms with Crippen LogP contribution in [0.5, 0.6) is 0 Å². The van der Waals surface area contributed by atoms with Gasteiger partial charge in [-0.2, -0.15) is 0 Å². The molecule has 1 atom stereocenters. The topological polar surface area (TPSA) is 60.0 Å². The van der Waals surface area contributed by atoms with E-state index in [0.29, 0.717) is 13.0 Å². The molecular weight excluding hydrogens is 465 g/mol. The summed E-state index contributed by atoms with van der Waals surface area (Å²) in [7, 11) is 2.16. The van der Waals surface area contributed by atoms with E-state index in [1.807, 2.05) is 11.8 Å². The van der Waals surface area contributed by atoms with E-state index in [-0.39, 0.29) is 35.9 Å². The number of fused-ring (bicyclic) bond motifs is 1. The van der Waals surface area contributed by atoms with Gasteiger partial charge in [-0.1, -0.05) is 19.1 Å². The van der Waals surface area contributed by atoms with E-state index in [1.165, 1.54) is 23.2 Å². The summed E-state index contributed by atoms with van der Waals surface area (Å²) in [5.41, 5.74) is 4.03. The summed E-state index contributed by atoms with van der Waals surface area (Å²) in [6.07, 6.45) is 3.92. The summed E-state index contributed by atoms with van der Waals surface area (Å²) < 4.78 is 0. The highest BCUT2D eigenvalue weighted by Gasteiger charge is 2.25. The first-order chi connectivity index (χ1) is 13.1. The molecule has 0 radical (unpaired) electrons. The first kappa shape index (κ1) is 22.8. The third-order valence-electron chi connectivity index (χ3n) is 5.44. The molecular formula is C21H34IN5O. The van der Waals surface area contributed by atoms with Crippen molar-refractivity contribution in [2.45, 2.75) is 52.1 Å². The average Bonchev–Trinajstić information content (AvgIpc) is 3.14. The third kappa shape index (κ3) is 5.75. The Bertz CT molecular complexity index is 693. The van der Waals surface area contributed by atoms with Crippen molar-refractivity contribution < 1.29 is 4.79 Å². The molecule has 156 valence electrons. The van der Waals surface area contributed by atoms with Crippen LogP contribution in [0.25, 0.3) is 0 Å². The molecule has 3 rings (SSSR count). The van der Waals surface area contributed by atoms with Crippen LogP contribution in [0.2, 0.25) is 0 Å². The molecule has 1 saturated heterocycles. The van der Waals surface area contributed by atoms with Gasteiger partial charge in [-0.25, -0.2) is 4.99 Å². The zero-order valence-corrected chi connectivity index (χ0v) is 19.7. The van der Waals surface area contributed by atoms with E-state index < -0.39 is 0 Å². The molecule has 0 aliphatic carbocycles. The Labute approximate surface area is 186 Å². The molecule has 2 N–H and O–H groups in total. The van der Waals surface area contributed by atoms with Gasteiger partial charge in [0.25, 0.3) is 0 Å². The number of guanidine groups is 1. The zero-order valence-electron chi connectivity index (χ0n) is 17.3. The van der Waals surface area contributed by atoms with Crippen LogP contribution < -0.4 is 15.5 Å². The molecule has 0 bridgehead atoms. The standard InChI is InChI=1S/C21H33N5O.HI/c1-4-20(27)26-12-10-18(15-26)24-21(22-5-2)23-14-16-8-9-19-17(13-16)7-6-11-25(19)3;/h8-9,13,18H,4-7,10-12,14-15H2,1-3H3,(H2,22,23,24);1H. The van der Waals surface area contributed by atoms with E-state index in [9.17, 15) is 4.79 Å². The molecule has 0 aromatic heterocycles. The van der Waals surface area contributed by atoms with Gasteiger partial charge in [0.05, 0.1) is 6.54 Å². The van der Waals surface area contributed by atoms with Crippen LogP contribution in [-0.4, -0.2) is 56.0 Å². The predicted octanol–water partition coefficient (Wildman–Crippen LogP) is 2.75. The number of aryl methyl sites for hydroxylation is 1. The smallest absolute Gasteiger partial charge is 0.222 e. The summed E-state index contributed by atoms with van der Waals surface area (Å²) in [5.74, 6) is 1.07. The van der Waals surface area contributed by atoms with Crippen LogP contribution in [0, 0.1) is 0 Å². The van der Waals surface area contributed by atoms with Gasteiger partial charge in [0, 0.05) is 51.4 Å². The lowest BCUT2D eigenvalue weighted by Crippen LogP contribution is -2.45. The number of hydrogen-bond donors (Lipinski definition) is 2. The van der Waals surface area contributed by atoms with Gasteiger partial charge in [0.15, 0.2) is 5.96 Å². The Kier molecular flexibility index (Phi) is 8.85. The highest BCUT2D eigenvalue weighted by atomic mass is 127. The number of likely N-dealkylation sites (tertiary alicyclic amines) is 1. The van der Waals surface area contributed by atoms with Crippen molar-refractivity contribution in [3.05, 3.63) is 29.3 Å². The lowest BCUT2D eigenvalue weighted by atomic mass is 10.00. The molecule has 7 heteroatoms. The van der Waals surface area contributed by atoms with Gasteiger partial charge >= 0.3 is 0 Å². The summed E-state index contributed by atoms with van der Waals surface area (Å²) in [6.45, 7) is 8.22. The monoisotopic (exact) mass is 499 g/mol. The molecule has 0 spiro atoms. The minimum absolute atomic E-state index is 0. The molecule has 2 heterocycles. The van der Waals surface area contributed by atoms with Crippen molar-refractivity contribution in [1.82, 2.24) is 15.5 Å². The maximum Gasteiger partial charge on any atom is 0.222 e. The zero-order chi connectivity index (χ0) is 19.2. The molecule has 2 aliphatic heterocycles. The Morgan fingerprint density at radius 2 is 2.11 bits per heavy atom. The quantitative estimate of drug-likeness (QED) is 0.372. The summed E-state index contributed by atoms with van der Waals surface area (Å²) in [5, 5.41) is 6.84. The number of carbonyl (C=O) groups excluding carboxylic acids is 1. The fraction of sp³-hybridized carbons (Fsp3) is 0.619. The number of benzene rings is 1. The number of carbonyl (C=O) groups is 1. The van der Waals surface area contributed by atoms with Crippen LogP contribution >= 0.6 is 24.0 Å². The van der Waals surface area contributed by atoms with Crippen LogP contribution in [0.4, 0.5) is 5.69 Å². The highest BCUT2D eigenvalue weighted by Crippen LogP contribution is 2.27. The van der Waals surface area contributed by atoms with Crippen LogP contribution in [0.15, 0.2) is 23.2 Å². The van der Waals surface area contributed by atoms with Crippen molar-refractivity contribution in [3.8, 4) is 0 Å². The SMILES string of the molecule is CCNC(=NCc1ccc2c(c1)CCCN2C)NC1CCN(C(=O)CC)C1.I. The van der Waals surface area contributed by atoms with E-state index in [2.05, 4.69) is 47.7 Å². The second-order valence-electron chi connectivity index (χ2n) is 7.51. The maximum atomic E-state index is 11.9. The molecule has 1 aromatic carbocycles. The Morgan fingerprint density at radius 1 is 1.29 bits per heavy atom. The second-order valence-corrected chi connectivity index (χ2v) is 7.51.